The van der Waals surface area contributed by atoms with Gasteiger partial charge in [0.05, 0.1) is 18.0 Å². The molecule has 0 spiro atoms. The maximum Gasteiger partial charge on any atom is 0.250 e. The molecule has 1 saturated heterocycles. The number of rotatable bonds is 8. The van der Waals surface area contributed by atoms with E-state index < -0.39 is 6.10 Å². The van der Waals surface area contributed by atoms with E-state index >= 15 is 0 Å². The van der Waals surface area contributed by atoms with Gasteiger partial charge in [-0.05, 0) is 61.0 Å². The highest BCUT2D eigenvalue weighted by molar-refractivity contribution is 6.05. The van der Waals surface area contributed by atoms with E-state index in [-0.39, 0.29) is 17.7 Å². The van der Waals surface area contributed by atoms with Gasteiger partial charge in [-0.1, -0.05) is 50.8 Å². The van der Waals surface area contributed by atoms with Crippen molar-refractivity contribution in [3.8, 4) is 11.3 Å². The summed E-state index contributed by atoms with van der Waals surface area (Å²) in [5.74, 6) is 2.10. The van der Waals surface area contributed by atoms with E-state index in [0.717, 1.165) is 52.0 Å². The average Bonchev–Trinajstić information content (AvgIpc) is 3.06. The Balaban J connectivity index is 1.27. The van der Waals surface area contributed by atoms with Gasteiger partial charge in [-0.25, -0.2) is 0 Å². The highest BCUT2D eigenvalue weighted by Crippen LogP contribution is 2.31. The Hall–Kier alpha value is -5.02. The third-order valence-electron chi connectivity index (χ3n) is 8.43. The van der Waals surface area contributed by atoms with Crippen LogP contribution in [-0.2, 0) is 11.3 Å². The fourth-order valence-electron chi connectivity index (χ4n) is 5.80. The maximum absolute atomic E-state index is 12.2. The molecule has 46 heavy (non-hydrogen) atoms. The fourth-order valence-corrected chi connectivity index (χ4v) is 5.80. The minimum Gasteiger partial charge on any atom is -0.391 e. The van der Waals surface area contributed by atoms with E-state index in [9.17, 15) is 9.90 Å². The molecule has 1 aromatic heterocycles. The second kappa shape index (κ2) is 13.5. The van der Waals surface area contributed by atoms with Gasteiger partial charge in [-0.3, -0.25) is 14.7 Å². The Morgan fingerprint density at radius 1 is 1.17 bits per heavy atom. The molecule has 3 aliphatic heterocycles. The first-order valence-electron chi connectivity index (χ1n) is 15.7. The number of nitrogens with zero attached hydrogens (tertiary/aromatic N) is 4. The monoisotopic (exact) mass is 616 g/mol. The van der Waals surface area contributed by atoms with Crippen LogP contribution in [0, 0.1) is 11.8 Å². The topological polar surface area (TPSA) is 126 Å². The van der Waals surface area contributed by atoms with Gasteiger partial charge in [0.2, 0.25) is 11.9 Å². The molecule has 10 heteroatoms. The summed E-state index contributed by atoms with van der Waals surface area (Å²) in [5, 5.41) is 25.5. The Bertz CT molecular complexity index is 1830. The van der Waals surface area contributed by atoms with Crippen molar-refractivity contribution in [2.24, 2.45) is 21.8 Å². The lowest BCUT2D eigenvalue weighted by Gasteiger charge is -2.32. The van der Waals surface area contributed by atoms with E-state index in [1.807, 2.05) is 53.6 Å². The standard InChI is InChI=1S/C36H40N8O2/c1-22(2)28-10-7-17-44-33(28)42-35(39-20-26-13-15-37-21-31(26)45)43-36(44)40-19-25-8-5-6-9-29(25)32-30-12-11-27(41-34(46)23(3)4)18-24(30)14-16-38-32/h5-6,8-12,14,16-18,22,26,31,37,45H,3,13,15,19-21H2,1-2,4H3,(H,41,46)(H2,39,40,42,43)/t26-,31+/m1/s1. The van der Waals surface area contributed by atoms with Gasteiger partial charge in [-0.15, -0.1) is 5.73 Å². The first-order chi connectivity index (χ1) is 22.3. The number of hydrogen-bond acceptors (Lipinski definition) is 9. The van der Waals surface area contributed by atoms with E-state index in [2.05, 4.69) is 59.6 Å². The summed E-state index contributed by atoms with van der Waals surface area (Å²) in [6.07, 6.45) is 6.10. The Morgan fingerprint density at radius 3 is 2.83 bits per heavy atom. The van der Waals surface area contributed by atoms with Gasteiger partial charge in [0.1, 0.15) is 5.82 Å². The number of guanidine groups is 2. The largest absolute Gasteiger partial charge is 0.391 e. The second-order valence-corrected chi connectivity index (χ2v) is 12.2. The Morgan fingerprint density at radius 2 is 2.02 bits per heavy atom. The van der Waals surface area contributed by atoms with E-state index in [0.29, 0.717) is 42.8 Å². The van der Waals surface area contributed by atoms with Crippen LogP contribution in [0.25, 0.3) is 22.0 Å². The molecule has 3 aliphatic rings. The molecule has 0 saturated carbocycles. The van der Waals surface area contributed by atoms with Crippen molar-refractivity contribution >= 4 is 34.3 Å². The van der Waals surface area contributed by atoms with Crippen molar-refractivity contribution in [1.82, 2.24) is 25.8 Å². The minimum absolute atomic E-state index is 0.122. The number of pyridine rings is 1. The van der Waals surface area contributed by atoms with Gasteiger partial charge in [-0.2, -0.15) is 9.98 Å². The number of fused-ring (bicyclic) bond motifs is 2. The molecule has 4 heterocycles. The van der Waals surface area contributed by atoms with Crippen molar-refractivity contribution in [3.05, 3.63) is 102 Å². The van der Waals surface area contributed by atoms with Gasteiger partial charge in [0, 0.05) is 59.5 Å². The number of nitrogens with one attached hydrogen (secondary N) is 4. The van der Waals surface area contributed by atoms with E-state index in [1.54, 1.807) is 13.1 Å². The number of allylic oxidation sites excluding steroid dienone is 2. The summed E-state index contributed by atoms with van der Waals surface area (Å²) in [5.41, 5.74) is 8.37. The van der Waals surface area contributed by atoms with Crippen LogP contribution in [0.1, 0.15) is 32.8 Å². The number of aliphatic hydroxyl groups excluding tert-OH is 1. The molecule has 10 nitrogen and oxygen atoms in total. The molecule has 2 aromatic carbocycles. The average molecular weight is 617 g/mol. The molecule has 0 bridgehead atoms. The summed E-state index contributed by atoms with van der Waals surface area (Å²) in [6, 6.07) is 16.0. The highest BCUT2D eigenvalue weighted by Gasteiger charge is 2.28. The van der Waals surface area contributed by atoms with Crippen molar-refractivity contribution in [2.45, 2.75) is 39.8 Å². The van der Waals surface area contributed by atoms with Crippen LogP contribution in [0.2, 0.25) is 0 Å². The number of piperidine rings is 1. The number of benzene rings is 2. The van der Waals surface area contributed by atoms with Crippen LogP contribution in [0.4, 0.5) is 5.69 Å². The van der Waals surface area contributed by atoms with Gasteiger partial charge in [0.25, 0.3) is 5.91 Å². The first-order valence-corrected chi connectivity index (χ1v) is 15.7. The lowest BCUT2D eigenvalue weighted by molar-refractivity contribution is -0.112. The number of β-amino-alcohol motifs (C(OH)–C–C–N with tert-alkyl or cyclic N) is 1. The minimum atomic E-state index is -0.407. The molecule has 3 aromatic rings. The number of aliphatic hydroxyl groups is 1. The molecule has 0 aliphatic carbocycles. The van der Waals surface area contributed by atoms with Crippen molar-refractivity contribution in [1.29, 1.82) is 0 Å². The SMILES string of the molecule is C=C(C)C(=O)Nc1ccc2c(-c3ccccc3CNC3=NC(NC[C@H]4CCNC[C@@H]4O)=NC4=C(C(C)C)C=C=CN34)nccc2c1. The van der Waals surface area contributed by atoms with Crippen molar-refractivity contribution in [2.75, 3.05) is 25.0 Å². The van der Waals surface area contributed by atoms with Crippen LogP contribution in [0.15, 0.2) is 106 Å². The molecule has 6 rings (SSSR count). The van der Waals surface area contributed by atoms with Crippen LogP contribution in [-0.4, -0.2) is 58.6 Å². The number of aromatic nitrogens is 1. The summed E-state index contributed by atoms with van der Waals surface area (Å²) < 4.78 is 0. The molecule has 1 amide bonds. The summed E-state index contributed by atoms with van der Waals surface area (Å²) >= 11 is 0. The molecule has 2 atom stereocenters. The summed E-state index contributed by atoms with van der Waals surface area (Å²) in [4.78, 5) is 28.7. The van der Waals surface area contributed by atoms with Crippen LogP contribution >= 0.6 is 0 Å². The smallest absolute Gasteiger partial charge is 0.250 e. The molecule has 1 fully saturated rings. The van der Waals surface area contributed by atoms with E-state index in [4.69, 9.17) is 15.0 Å². The highest BCUT2D eigenvalue weighted by atomic mass is 16.3. The number of hydrogen-bond donors (Lipinski definition) is 5. The van der Waals surface area contributed by atoms with Crippen LogP contribution in [0.5, 0.6) is 0 Å². The first kappa shape index (κ1) is 31.0. The zero-order chi connectivity index (χ0) is 32.2. The van der Waals surface area contributed by atoms with Crippen molar-refractivity contribution in [3.63, 3.8) is 0 Å². The molecule has 0 unspecified atom stereocenters. The predicted octanol–water partition coefficient (Wildman–Crippen LogP) is 4.64. The zero-order valence-corrected chi connectivity index (χ0v) is 26.5. The summed E-state index contributed by atoms with van der Waals surface area (Å²) in [7, 11) is 0. The number of carbonyl (C=O) groups excluding carboxylic acids is 1. The predicted molar refractivity (Wildman–Crippen MR) is 184 cm³/mol. The molecular formula is C36H40N8O2. The molecular weight excluding hydrogens is 576 g/mol. The second-order valence-electron chi connectivity index (χ2n) is 12.2. The van der Waals surface area contributed by atoms with Crippen LogP contribution in [0.3, 0.4) is 0 Å². The zero-order valence-electron chi connectivity index (χ0n) is 26.5. The Kier molecular flexibility index (Phi) is 9.12. The number of carbonyl (C=O) groups is 1. The van der Waals surface area contributed by atoms with Crippen LogP contribution < -0.4 is 21.3 Å². The maximum atomic E-state index is 12.2. The number of aliphatic imine (C=N–C) groups is 2. The fraction of sp³-hybridized carbons (Fsp3) is 0.306. The quantitative estimate of drug-likeness (QED) is 0.184. The molecule has 5 N–H and O–H groups in total. The number of anilines is 1. The lowest BCUT2D eigenvalue weighted by atomic mass is 9.95. The van der Waals surface area contributed by atoms with Gasteiger partial charge < -0.3 is 26.4 Å². The molecule has 236 valence electrons. The third-order valence-corrected chi connectivity index (χ3v) is 8.43. The van der Waals surface area contributed by atoms with E-state index in [1.165, 1.54) is 0 Å². The van der Waals surface area contributed by atoms with Crippen molar-refractivity contribution < 1.29 is 9.90 Å². The number of amides is 1. The Labute approximate surface area is 269 Å². The normalized spacial score (nSPS) is 19.1. The summed E-state index contributed by atoms with van der Waals surface area (Å²) in [6.45, 7) is 12.2. The van der Waals surface area contributed by atoms with Gasteiger partial charge in [0.15, 0.2) is 0 Å². The lowest BCUT2D eigenvalue weighted by Crippen LogP contribution is -2.47. The molecule has 0 radical (unpaired) electrons. The third kappa shape index (κ3) is 6.65. The van der Waals surface area contributed by atoms with Gasteiger partial charge >= 0.3 is 0 Å².